The molecule has 0 fully saturated rings. The first kappa shape index (κ1) is 20.7. The summed E-state index contributed by atoms with van der Waals surface area (Å²) in [4.78, 5) is 28.0. The summed E-state index contributed by atoms with van der Waals surface area (Å²) in [7, 11) is 3.44. The van der Waals surface area contributed by atoms with Crippen molar-refractivity contribution in [1.82, 2.24) is 19.7 Å². The molecule has 0 unspecified atom stereocenters. The average Bonchev–Trinajstić information content (AvgIpc) is 3.07. The van der Waals surface area contributed by atoms with Crippen molar-refractivity contribution in [2.75, 3.05) is 12.9 Å². The highest BCUT2D eigenvalue weighted by Gasteiger charge is 2.15. The lowest BCUT2D eigenvalue weighted by atomic mass is 10.0. The minimum absolute atomic E-state index is 0.0409. The van der Waals surface area contributed by atoms with E-state index in [1.54, 1.807) is 32.5 Å². The molecule has 150 valence electrons. The van der Waals surface area contributed by atoms with Gasteiger partial charge in [0.05, 0.1) is 12.9 Å². The highest BCUT2D eigenvalue weighted by molar-refractivity contribution is 7.99. The Morgan fingerprint density at radius 2 is 2.00 bits per heavy atom. The van der Waals surface area contributed by atoms with Crippen molar-refractivity contribution < 1.29 is 14.3 Å². The van der Waals surface area contributed by atoms with Crippen LogP contribution in [0.5, 0.6) is 5.75 Å². The predicted octanol–water partition coefficient (Wildman–Crippen LogP) is 2.92. The number of ketones is 2. The second kappa shape index (κ2) is 9.47. The summed E-state index contributed by atoms with van der Waals surface area (Å²) >= 11 is 1.34. The maximum absolute atomic E-state index is 12.6. The Bertz CT molecular complexity index is 1020. The fourth-order valence-electron chi connectivity index (χ4n) is 2.96. The van der Waals surface area contributed by atoms with E-state index in [4.69, 9.17) is 4.74 Å². The van der Waals surface area contributed by atoms with E-state index in [2.05, 4.69) is 15.2 Å². The monoisotopic (exact) mass is 410 g/mol. The Morgan fingerprint density at radius 1 is 1.17 bits per heavy atom. The third kappa shape index (κ3) is 5.29. The Labute approximate surface area is 173 Å². The molecule has 3 aromatic rings. The maximum atomic E-state index is 12.6. The summed E-state index contributed by atoms with van der Waals surface area (Å²) in [6.07, 6.45) is 4.00. The van der Waals surface area contributed by atoms with Gasteiger partial charge in [-0.3, -0.25) is 14.6 Å². The Hall–Kier alpha value is -3.00. The van der Waals surface area contributed by atoms with Crippen molar-refractivity contribution in [2.45, 2.75) is 24.9 Å². The third-order valence-electron chi connectivity index (χ3n) is 4.30. The SMILES string of the molecule is COc1ccc(CC(C)=O)cc1CC(=O)CSc1nnc(-c2cccnc2)n1C. The molecule has 29 heavy (non-hydrogen) atoms. The van der Waals surface area contributed by atoms with Crippen LogP contribution in [0.1, 0.15) is 18.1 Å². The second-order valence-corrected chi connectivity index (χ2v) is 7.58. The molecule has 1 aromatic carbocycles. The van der Waals surface area contributed by atoms with Gasteiger partial charge in [0, 0.05) is 43.4 Å². The Kier molecular flexibility index (Phi) is 6.77. The quantitative estimate of drug-likeness (QED) is 0.501. The van der Waals surface area contributed by atoms with Crippen LogP contribution < -0.4 is 4.74 Å². The van der Waals surface area contributed by atoms with Gasteiger partial charge in [0.15, 0.2) is 11.0 Å². The fourth-order valence-corrected chi connectivity index (χ4v) is 3.73. The number of Topliss-reactive ketones (excluding diaryl/α,β-unsaturated/α-hetero) is 2. The van der Waals surface area contributed by atoms with E-state index in [1.807, 2.05) is 35.9 Å². The smallest absolute Gasteiger partial charge is 0.191 e. The minimum Gasteiger partial charge on any atom is -0.496 e. The zero-order valence-electron chi connectivity index (χ0n) is 16.6. The normalized spacial score (nSPS) is 10.7. The number of carbonyl (C=O) groups excluding carboxylic acids is 2. The summed E-state index contributed by atoms with van der Waals surface area (Å²) in [5.74, 6) is 1.73. The number of methoxy groups -OCH3 is 1. The summed E-state index contributed by atoms with van der Waals surface area (Å²) in [6.45, 7) is 1.55. The van der Waals surface area contributed by atoms with Crippen molar-refractivity contribution in [3.05, 3.63) is 53.9 Å². The summed E-state index contributed by atoms with van der Waals surface area (Å²) < 4.78 is 7.21. The molecule has 0 bridgehead atoms. The largest absolute Gasteiger partial charge is 0.496 e. The highest BCUT2D eigenvalue weighted by atomic mass is 32.2. The molecule has 2 aromatic heterocycles. The zero-order chi connectivity index (χ0) is 20.8. The summed E-state index contributed by atoms with van der Waals surface area (Å²) in [5, 5.41) is 9.05. The van der Waals surface area contributed by atoms with Gasteiger partial charge in [0.1, 0.15) is 17.3 Å². The van der Waals surface area contributed by atoms with Crippen molar-refractivity contribution in [1.29, 1.82) is 0 Å². The van der Waals surface area contributed by atoms with Crippen molar-refractivity contribution in [2.24, 2.45) is 7.05 Å². The van der Waals surface area contributed by atoms with E-state index < -0.39 is 0 Å². The Balaban J connectivity index is 1.66. The second-order valence-electron chi connectivity index (χ2n) is 6.64. The van der Waals surface area contributed by atoms with Crippen LogP contribution in [0.4, 0.5) is 0 Å². The topological polar surface area (TPSA) is 87.0 Å². The molecule has 3 rings (SSSR count). The number of nitrogens with zero attached hydrogens (tertiary/aromatic N) is 4. The number of hydrogen-bond donors (Lipinski definition) is 0. The fraction of sp³-hybridized carbons (Fsp3) is 0.286. The Morgan fingerprint density at radius 3 is 2.69 bits per heavy atom. The first-order valence-electron chi connectivity index (χ1n) is 9.07. The van der Waals surface area contributed by atoms with Crippen LogP contribution in [0.15, 0.2) is 47.9 Å². The number of rotatable bonds is 9. The number of pyridine rings is 1. The first-order valence-corrected chi connectivity index (χ1v) is 10.1. The average molecular weight is 410 g/mol. The van der Waals surface area contributed by atoms with Gasteiger partial charge in [-0.25, -0.2) is 0 Å². The van der Waals surface area contributed by atoms with Gasteiger partial charge in [-0.2, -0.15) is 0 Å². The molecular formula is C21H22N4O3S. The standard InChI is InChI=1S/C21H22N4O3S/c1-14(26)9-15-6-7-19(28-3)17(10-15)11-18(27)13-29-21-24-23-20(25(21)2)16-5-4-8-22-12-16/h4-8,10,12H,9,11,13H2,1-3H3. The van der Waals surface area contributed by atoms with E-state index >= 15 is 0 Å². The molecule has 0 aliphatic rings. The van der Waals surface area contributed by atoms with Crippen molar-refractivity contribution >= 4 is 23.3 Å². The van der Waals surface area contributed by atoms with E-state index in [9.17, 15) is 9.59 Å². The molecular weight excluding hydrogens is 388 g/mol. The maximum Gasteiger partial charge on any atom is 0.191 e. The number of ether oxygens (including phenoxy) is 1. The molecule has 7 nitrogen and oxygen atoms in total. The molecule has 0 N–H and O–H groups in total. The minimum atomic E-state index is 0.0409. The van der Waals surface area contributed by atoms with Crippen molar-refractivity contribution in [3.8, 4) is 17.1 Å². The lowest BCUT2D eigenvalue weighted by Crippen LogP contribution is -2.09. The number of aromatic nitrogens is 4. The van der Waals surface area contributed by atoms with E-state index in [-0.39, 0.29) is 23.7 Å². The summed E-state index contributed by atoms with van der Waals surface area (Å²) in [5.41, 5.74) is 2.53. The zero-order valence-corrected chi connectivity index (χ0v) is 17.4. The molecule has 8 heteroatoms. The first-order chi connectivity index (χ1) is 14.0. The van der Waals surface area contributed by atoms with E-state index in [1.165, 1.54) is 11.8 Å². The van der Waals surface area contributed by atoms with E-state index in [0.29, 0.717) is 23.2 Å². The molecule has 0 atom stereocenters. The number of hydrogen-bond acceptors (Lipinski definition) is 7. The van der Waals surface area contributed by atoms with Crippen LogP contribution in [-0.4, -0.2) is 44.2 Å². The highest BCUT2D eigenvalue weighted by Crippen LogP contribution is 2.24. The van der Waals surface area contributed by atoms with Crippen LogP contribution in [0, 0.1) is 0 Å². The lowest BCUT2D eigenvalue weighted by Gasteiger charge is -2.10. The molecule has 0 saturated heterocycles. The molecule has 0 radical (unpaired) electrons. The number of thioether (sulfide) groups is 1. The summed E-state index contributed by atoms with van der Waals surface area (Å²) in [6, 6.07) is 9.27. The molecule has 0 saturated carbocycles. The van der Waals surface area contributed by atoms with Crippen LogP contribution in [-0.2, 0) is 29.5 Å². The van der Waals surface area contributed by atoms with Gasteiger partial charge in [-0.15, -0.1) is 10.2 Å². The van der Waals surface area contributed by atoms with Gasteiger partial charge < -0.3 is 9.30 Å². The van der Waals surface area contributed by atoms with Crippen LogP contribution in [0.3, 0.4) is 0 Å². The lowest BCUT2D eigenvalue weighted by molar-refractivity contribution is -0.117. The van der Waals surface area contributed by atoms with E-state index in [0.717, 1.165) is 16.7 Å². The molecule has 0 amide bonds. The van der Waals surface area contributed by atoms with Crippen LogP contribution >= 0.6 is 11.8 Å². The van der Waals surface area contributed by atoms with Crippen molar-refractivity contribution in [3.63, 3.8) is 0 Å². The van der Waals surface area contributed by atoms with Gasteiger partial charge in [-0.05, 0) is 30.7 Å². The van der Waals surface area contributed by atoms with Crippen LogP contribution in [0.25, 0.3) is 11.4 Å². The molecule has 0 spiro atoms. The van der Waals surface area contributed by atoms with Gasteiger partial charge in [0.25, 0.3) is 0 Å². The molecule has 0 aliphatic heterocycles. The molecule has 2 heterocycles. The van der Waals surface area contributed by atoms with Crippen LogP contribution in [0.2, 0.25) is 0 Å². The molecule has 0 aliphatic carbocycles. The predicted molar refractivity (Wildman–Crippen MR) is 111 cm³/mol. The van der Waals surface area contributed by atoms with Gasteiger partial charge in [-0.1, -0.05) is 23.9 Å². The van der Waals surface area contributed by atoms with Gasteiger partial charge >= 0.3 is 0 Å². The number of carbonyl (C=O) groups is 2. The number of benzene rings is 1. The van der Waals surface area contributed by atoms with Gasteiger partial charge in [0.2, 0.25) is 0 Å². The third-order valence-corrected chi connectivity index (χ3v) is 5.38.